The van der Waals surface area contributed by atoms with Gasteiger partial charge in [0.05, 0.1) is 0 Å². The van der Waals surface area contributed by atoms with Gasteiger partial charge in [-0.1, -0.05) is 36.8 Å². The third-order valence-electron chi connectivity index (χ3n) is 4.15. The molecule has 0 fully saturated rings. The van der Waals surface area contributed by atoms with Gasteiger partial charge in [-0.3, -0.25) is 0 Å². The highest BCUT2D eigenvalue weighted by Crippen LogP contribution is 2.59. The largest absolute Gasteiger partial charge is 0.384 e. The van der Waals surface area contributed by atoms with Crippen molar-refractivity contribution in [2.75, 3.05) is 0 Å². The lowest BCUT2D eigenvalue weighted by Crippen LogP contribution is -2.68. The molecule has 0 bridgehead atoms. The Morgan fingerprint density at radius 3 is 1.54 bits per heavy atom. The van der Waals surface area contributed by atoms with E-state index in [1.165, 1.54) is 24.3 Å². The van der Waals surface area contributed by atoms with Crippen LogP contribution in [-0.2, 0) is 0 Å². The Morgan fingerprint density at radius 2 is 1.14 bits per heavy atom. The van der Waals surface area contributed by atoms with Crippen molar-refractivity contribution < 1.29 is 52.7 Å². The third kappa shape index (κ3) is 3.78. The van der Waals surface area contributed by atoms with Crippen LogP contribution < -0.4 is 0 Å². The van der Waals surface area contributed by atoms with E-state index in [9.17, 15) is 52.7 Å². The number of hydrogen-bond donors (Lipinski definition) is 0. The maximum Gasteiger partial charge on any atom is 0.384 e. The Kier molecular flexibility index (Phi) is 6.39. The molecule has 28 heavy (non-hydrogen) atoms. The number of benzene rings is 1. The zero-order valence-electron chi connectivity index (χ0n) is 14.2. The number of hydrogen-bond acceptors (Lipinski definition) is 0. The van der Waals surface area contributed by atoms with Gasteiger partial charge in [0.15, 0.2) is 0 Å². The molecule has 1 unspecified atom stereocenters. The van der Waals surface area contributed by atoms with Crippen molar-refractivity contribution in [3.63, 3.8) is 0 Å². The Labute approximate surface area is 151 Å². The molecule has 1 aromatic rings. The summed E-state index contributed by atoms with van der Waals surface area (Å²) >= 11 is 0. The van der Waals surface area contributed by atoms with Crippen molar-refractivity contribution >= 4 is 0 Å². The topological polar surface area (TPSA) is 0 Å². The lowest BCUT2D eigenvalue weighted by atomic mass is 9.87. The third-order valence-corrected chi connectivity index (χ3v) is 4.15. The fourth-order valence-electron chi connectivity index (χ4n) is 2.30. The molecule has 0 N–H and O–H groups in total. The molecule has 0 aliphatic heterocycles. The van der Waals surface area contributed by atoms with E-state index in [2.05, 4.69) is 0 Å². The monoisotopic (exact) mass is 434 g/mol. The molecule has 1 aromatic carbocycles. The lowest BCUT2D eigenvalue weighted by molar-refractivity contribution is -0.413. The molecule has 0 radical (unpaired) electrons. The van der Waals surface area contributed by atoms with Crippen molar-refractivity contribution in [1.82, 2.24) is 0 Å². The molecular formula is C16H14F12. The normalized spacial score (nSPS) is 15.8. The summed E-state index contributed by atoms with van der Waals surface area (Å²) in [6.07, 6.45) is -7.63. The Balaban J connectivity index is 3.27. The molecule has 12 heteroatoms. The van der Waals surface area contributed by atoms with Crippen LogP contribution in [0.1, 0.15) is 30.4 Å². The molecule has 0 saturated heterocycles. The van der Waals surface area contributed by atoms with E-state index < -0.39 is 48.4 Å². The van der Waals surface area contributed by atoms with Crippen molar-refractivity contribution in [3.05, 3.63) is 35.4 Å². The first-order chi connectivity index (χ1) is 12.3. The fraction of sp³-hybridized carbons (Fsp3) is 0.625. The van der Waals surface area contributed by atoms with E-state index in [1.54, 1.807) is 6.92 Å². The predicted molar refractivity (Wildman–Crippen MR) is 75.0 cm³/mol. The smallest absolute Gasteiger partial charge is 0.203 e. The van der Waals surface area contributed by atoms with Gasteiger partial charge in [0, 0.05) is 6.42 Å². The first-order valence-electron chi connectivity index (χ1n) is 7.56. The van der Waals surface area contributed by atoms with Crippen molar-refractivity contribution in [2.24, 2.45) is 0 Å². The van der Waals surface area contributed by atoms with Crippen LogP contribution in [0.4, 0.5) is 52.7 Å². The molecule has 0 aromatic heterocycles. The molecule has 0 spiro atoms. The second kappa shape index (κ2) is 7.33. The van der Waals surface area contributed by atoms with Crippen LogP contribution in [0.15, 0.2) is 24.3 Å². The predicted octanol–water partition coefficient (Wildman–Crippen LogP) is 6.93. The molecule has 0 amide bonds. The van der Waals surface area contributed by atoms with E-state index in [1.807, 2.05) is 0 Å². The van der Waals surface area contributed by atoms with Gasteiger partial charge in [0.1, 0.15) is 0 Å². The summed E-state index contributed by atoms with van der Waals surface area (Å²) in [5.74, 6) is -36.5. The molecule has 162 valence electrons. The second-order valence-electron chi connectivity index (χ2n) is 6.37. The highest BCUT2D eigenvalue weighted by Gasteiger charge is 2.87. The quantitative estimate of drug-likeness (QED) is 0.389. The average molecular weight is 434 g/mol. The SMILES string of the molecule is Cc1ccc(C(C)CC(F)(F)C(F)(F)C(F)(F)C(F)(F)C(F)(F)C(F)F)cc1. The van der Waals surface area contributed by atoms with E-state index >= 15 is 0 Å². The highest BCUT2D eigenvalue weighted by atomic mass is 19.4. The van der Waals surface area contributed by atoms with Crippen LogP contribution in [-0.4, -0.2) is 36.0 Å². The maximum atomic E-state index is 13.8. The average Bonchev–Trinajstić information content (AvgIpc) is 2.53. The van der Waals surface area contributed by atoms with Crippen molar-refractivity contribution in [3.8, 4) is 0 Å². The lowest BCUT2D eigenvalue weighted by Gasteiger charge is -2.39. The summed E-state index contributed by atoms with van der Waals surface area (Å²) in [5, 5.41) is 0. The number of rotatable bonds is 8. The molecule has 1 atom stereocenters. The van der Waals surface area contributed by atoms with Gasteiger partial charge in [-0.25, -0.2) is 8.78 Å². The molecule has 0 aliphatic rings. The van der Waals surface area contributed by atoms with Gasteiger partial charge in [0.2, 0.25) is 0 Å². The van der Waals surface area contributed by atoms with Crippen LogP contribution >= 0.6 is 0 Å². The van der Waals surface area contributed by atoms with Crippen LogP contribution in [0.25, 0.3) is 0 Å². The first kappa shape index (κ1) is 24.4. The summed E-state index contributed by atoms with van der Waals surface area (Å²) < 4.78 is 158. The summed E-state index contributed by atoms with van der Waals surface area (Å²) in [7, 11) is 0. The number of aryl methyl sites for hydroxylation is 1. The van der Waals surface area contributed by atoms with Gasteiger partial charge in [0.25, 0.3) is 0 Å². The number of halogens is 12. The molecule has 0 heterocycles. The second-order valence-corrected chi connectivity index (χ2v) is 6.37. The molecule has 0 aliphatic carbocycles. The van der Waals surface area contributed by atoms with Crippen LogP contribution in [0, 0.1) is 6.92 Å². The Hall–Kier alpha value is -1.62. The minimum atomic E-state index is -7.48. The minimum absolute atomic E-state index is 0.0472. The maximum absolute atomic E-state index is 13.8. The zero-order chi connectivity index (χ0) is 22.3. The summed E-state index contributed by atoms with van der Waals surface area (Å²) in [5.41, 5.74) is 0.586. The summed E-state index contributed by atoms with van der Waals surface area (Å²) in [6, 6.07) is 5.11. The Bertz CT molecular complexity index is 663. The summed E-state index contributed by atoms with van der Waals surface area (Å²) in [6.45, 7) is 2.47. The standard InChI is InChI=1S/C16H14F12/c1-8-3-5-10(6-4-8)9(2)7-12(19,20)14(23,24)16(27,28)15(25,26)13(21,22)11(17)18/h3-6,9,11H,7H2,1-2H3. The first-order valence-corrected chi connectivity index (χ1v) is 7.56. The summed E-state index contributed by atoms with van der Waals surface area (Å²) in [4.78, 5) is 0. The van der Waals surface area contributed by atoms with Crippen LogP contribution in [0.2, 0.25) is 0 Å². The van der Waals surface area contributed by atoms with Gasteiger partial charge in [-0.2, -0.15) is 43.9 Å². The van der Waals surface area contributed by atoms with Crippen LogP contribution in [0.3, 0.4) is 0 Å². The Morgan fingerprint density at radius 1 is 0.714 bits per heavy atom. The molecule has 1 rings (SSSR count). The minimum Gasteiger partial charge on any atom is -0.203 e. The van der Waals surface area contributed by atoms with E-state index in [0.717, 1.165) is 6.92 Å². The van der Waals surface area contributed by atoms with Gasteiger partial charge >= 0.3 is 36.0 Å². The van der Waals surface area contributed by atoms with Crippen molar-refractivity contribution in [2.45, 2.75) is 62.2 Å². The van der Waals surface area contributed by atoms with Gasteiger partial charge < -0.3 is 0 Å². The van der Waals surface area contributed by atoms with Gasteiger partial charge in [-0.05, 0) is 18.4 Å². The highest BCUT2D eigenvalue weighted by molar-refractivity contribution is 5.24. The zero-order valence-corrected chi connectivity index (χ0v) is 14.2. The van der Waals surface area contributed by atoms with Gasteiger partial charge in [-0.15, -0.1) is 0 Å². The van der Waals surface area contributed by atoms with Crippen molar-refractivity contribution in [1.29, 1.82) is 0 Å². The van der Waals surface area contributed by atoms with E-state index in [0.29, 0.717) is 5.56 Å². The van der Waals surface area contributed by atoms with E-state index in [-0.39, 0.29) is 5.56 Å². The molecule has 0 nitrogen and oxygen atoms in total. The number of alkyl halides is 12. The fourth-order valence-corrected chi connectivity index (χ4v) is 2.30. The van der Waals surface area contributed by atoms with E-state index in [4.69, 9.17) is 0 Å². The molecular weight excluding hydrogens is 420 g/mol. The van der Waals surface area contributed by atoms with Crippen LogP contribution in [0.5, 0.6) is 0 Å². The molecule has 0 saturated carbocycles.